The second kappa shape index (κ2) is 10.3. The second-order valence-electron chi connectivity index (χ2n) is 4.42. The maximum atomic E-state index is 10.3. The Bertz CT molecular complexity index is 468. The first-order valence-corrected chi connectivity index (χ1v) is 6.54. The van der Waals surface area contributed by atoms with E-state index in [0.29, 0.717) is 13.0 Å². The predicted octanol–water partition coefficient (Wildman–Crippen LogP) is 0.610. The van der Waals surface area contributed by atoms with E-state index in [1.54, 1.807) is 0 Å². The van der Waals surface area contributed by atoms with Crippen LogP contribution in [0.3, 0.4) is 0 Å². The summed E-state index contributed by atoms with van der Waals surface area (Å²) in [6.45, 7) is 0.604. The average molecular weight is 312 g/mol. The normalized spacial score (nSPS) is 11.0. The average Bonchev–Trinajstić information content (AvgIpc) is 2.48. The Hall–Kier alpha value is -2.45. The molecule has 0 aliphatic heterocycles. The molecule has 1 atom stereocenters. The molecule has 22 heavy (non-hydrogen) atoms. The molecule has 122 valence electrons. The summed E-state index contributed by atoms with van der Waals surface area (Å²) in [6, 6.07) is 4.31. The number of carbonyl (C=O) groups is 3. The molecule has 8 nitrogen and oxygen atoms in total. The van der Waals surface area contributed by atoms with Gasteiger partial charge in [0.05, 0.1) is 11.1 Å². The van der Waals surface area contributed by atoms with Crippen molar-refractivity contribution in [2.24, 2.45) is 11.5 Å². The molecule has 0 bridgehead atoms. The summed E-state index contributed by atoms with van der Waals surface area (Å²) in [5, 5.41) is 25.3. The monoisotopic (exact) mass is 312 g/mol. The topological polar surface area (TPSA) is 164 Å². The number of rotatable bonds is 7. The Morgan fingerprint density at radius 3 is 1.59 bits per heavy atom. The number of nitrogens with two attached hydrogens (primary N) is 2. The van der Waals surface area contributed by atoms with Gasteiger partial charge in [-0.25, -0.2) is 9.59 Å². The minimum atomic E-state index is -1.06. The van der Waals surface area contributed by atoms with Crippen LogP contribution < -0.4 is 11.5 Å². The third-order valence-electron chi connectivity index (χ3n) is 2.67. The zero-order valence-corrected chi connectivity index (χ0v) is 11.9. The number of aliphatic carboxylic acids is 1. The van der Waals surface area contributed by atoms with E-state index in [9.17, 15) is 14.4 Å². The first-order valence-electron chi connectivity index (χ1n) is 6.54. The number of carboxylic acid groups (broad SMARTS) is 3. The van der Waals surface area contributed by atoms with Crippen LogP contribution in [0, 0.1) is 0 Å². The maximum absolute atomic E-state index is 10.3. The van der Waals surface area contributed by atoms with Crippen LogP contribution in [-0.4, -0.2) is 45.8 Å². The van der Waals surface area contributed by atoms with Crippen molar-refractivity contribution in [2.45, 2.75) is 25.3 Å². The van der Waals surface area contributed by atoms with Crippen molar-refractivity contribution in [3.63, 3.8) is 0 Å². The molecule has 0 aromatic heterocycles. The van der Waals surface area contributed by atoms with E-state index in [1.807, 2.05) is 0 Å². The van der Waals surface area contributed by atoms with Crippen LogP contribution in [0.25, 0.3) is 0 Å². The minimum absolute atomic E-state index is 0.0833. The van der Waals surface area contributed by atoms with E-state index < -0.39 is 23.9 Å². The third-order valence-corrected chi connectivity index (χ3v) is 2.67. The molecule has 1 rings (SSSR count). The highest BCUT2D eigenvalue weighted by molar-refractivity contribution is 5.91. The van der Waals surface area contributed by atoms with Crippen LogP contribution in [0.2, 0.25) is 0 Å². The molecule has 1 aromatic carbocycles. The van der Waals surface area contributed by atoms with Crippen LogP contribution in [0.4, 0.5) is 0 Å². The van der Waals surface area contributed by atoms with Gasteiger partial charge in [0.2, 0.25) is 0 Å². The van der Waals surface area contributed by atoms with E-state index >= 15 is 0 Å². The summed E-state index contributed by atoms with van der Waals surface area (Å²) < 4.78 is 0. The highest BCUT2D eigenvalue weighted by Gasteiger charge is 2.09. The first kappa shape index (κ1) is 19.6. The Morgan fingerprint density at radius 2 is 1.32 bits per heavy atom. The fraction of sp³-hybridized carbons (Fsp3) is 0.357. The van der Waals surface area contributed by atoms with Crippen LogP contribution in [-0.2, 0) is 4.79 Å². The number of carboxylic acids is 3. The predicted molar refractivity (Wildman–Crippen MR) is 78.9 cm³/mol. The molecular formula is C14H20N2O6. The molecule has 0 spiro atoms. The number of aromatic carboxylic acids is 2. The third kappa shape index (κ3) is 7.98. The molecule has 0 unspecified atom stereocenters. The van der Waals surface area contributed by atoms with Crippen molar-refractivity contribution in [2.75, 3.05) is 6.54 Å². The van der Waals surface area contributed by atoms with Crippen molar-refractivity contribution in [3.05, 3.63) is 35.4 Å². The van der Waals surface area contributed by atoms with Gasteiger partial charge in [-0.05, 0) is 43.7 Å². The van der Waals surface area contributed by atoms with E-state index in [0.717, 1.165) is 12.8 Å². The van der Waals surface area contributed by atoms with Crippen molar-refractivity contribution in [3.8, 4) is 0 Å². The molecule has 0 aliphatic carbocycles. The lowest BCUT2D eigenvalue weighted by atomic mass is 10.1. The molecule has 0 fully saturated rings. The van der Waals surface area contributed by atoms with Crippen molar-refractivity contribution >= 4 is 17.9 Å². The van der Waals surface area contributed by atoms with Gasteiger partial charge in [0.25, 0.3) is 0 Å². The molecule has 0 radical (unpaired) electrons. The summed E-state index contributed by atoms with van der Waals surface area (Å²) in [6.07, 6.45) is 2.16. The summed E-state index contributed by atoms with van der Waals surface area (Å²) in [4.78, 5) is 30.8. The first-order chi connectivity index (χ1) is 10.3. The molecular weight excluding hydrogens is 292 g/mol. The minimum Gasteiger partial charge on any atom is -0.480 e. The molecule has 0 aliphatic rings. The smallest absolute Gasteiger partial charge is 0.335 e. The fourth-order valence-corrected chi connectivity index (χ4v) is 1.39. The quantitative estimate of drug-likeness (QED) is 0.457. The van der Waals surface area contributed by atoms with Crippen LogP contribution in [0.1, 0.15) is 40.0 Å². The lowest BCUT2D eigenvalue weighted by Crippen LogP contribution is -2.29. The zero-order chi connectivity index (χ0) is 17.1. The second-order valence-corrected chi connectivity index (χ2v) is 4.42. The highest BCUT2D eigenvalue weighted by atomic mass is 16.4. The number of hydrogen-bond acceptors (Lipinski definition) is 5. The standard InChI is InChI=1S/C8H6O4.C6H14N2O2/c9-7(10)5-1-2-6(4-3-5)8(11)12;7-4-2-1-3-5(8)6(9)10/h1-4H,(H,9,10)(H,11,12);5H,1-4,7-8H2,(H,9,10)/t;5-/m.0/s1. The van der Waals surface area contributed by atoms with Crippen molar-refractivity contribution < 1.29 is 29.7 Å². The van der Waals surface area contributed by atoms with E-state index in [2.05, 4.69) is 0 Å². The van der Waals surface area contributed by atoms with Crippen LogP contribution >= 0.6 is 0 Å². The van der Waals surface area contributed by atoms with Gasteiger partial charge in [0, 0.05) is 0 Å². The SMILES string of the molecule is NCCCC[C@H](N)C(=O)O.O=C(O)c1ccc(C(=O)O)cc1. The summed E-state index contributed by atoms with van der Waals surface area (Å²) >= 11 is 0. The summed E-state index contributed by atoms with van der Waals surface area (Å²) in [5.74, 6) is -3.06. The lowest BCUT2D eigenvalue weighted by Gasteiger charge is -2.03. The van der Waals surface area contributed by atoms with Gasteiger partial charge >= 0.3 is 17.9 Å². The number of unbranched alkanes of at least 4 members (excludes halogenated alkanes) is 1. The molecule has 0 heterocycles. The van der Waals surface area contributed by atoms with Gasteiger partial charge in [0.15, 0.2) is 0 Å². The van der Waals surface area contributed by atoms with Gasteiger partial charge in [-0.15, -0.1) is 0 Å². The number of benzene rings is 1. The molecule has 7 N–H and O–H groups in total. The highest BCUT2D eigenvalue weighted by Crippen LogP contribution is 2.03. The Morgan fingerprint density at radius 1 is 0.909 bits per heavy atom. The van der Waals surface area contributed by atoms with Crippen LogP contribution in [0.15, 0.2) is 24.3 Å². The fourth-order valence-electron chi connectivity index (χ4n) is 1.39. The maximum Gasteiger partial charge on any atom is 0.335 e. The molecule has 0 amide bonds. The molecule has 0 saturated carbocycles. The van der Waals surface area contributed by atoms with Gasteiger partial charge in [-0.3, -0.25) is 4.79 Å². The van der Waals surface area contributed by atoms with Gasteiger partial charge in [0.1, 0.15) is 6.04 Å². The van der Waals surface area contributed by atoms with Crippen molar-refractivity contribution in [1.82, 2.24) is 0 Å². The zero-order valence-electron chi connectivity index (χ0n) is 11.9. The van der Waals surface area contributed by atoms with Crippen LogP contribution in [0.5, 0.6) is 0 Å². The van der Waals surface area contributed by atoms with Gasteiger partial charge in [-0.1, -0.05) is 6.42 Å². The molecule has 1 aromatic rings. The Labute approximate surface area is 127 Å². The molecule has 8 heteroatoms. The van der Waals surface area contributed by atoms with Gasteiger partial charge < -0.3 is 26.8 Å². The van der Waals surface area contributed by atoms with Gasteiger partial charge in [-0.2, -0.15) is 0 Å². The summed E-state index contributed by atoms with van der Waals surface area (Å²) in [7, 11) is 0. The largest absolute Gasteiger partial charge is 0.480 e. The van der Waals surface area contributed by atoms with Crippen molar-refractivity contribution in [1.29, 1.82) is 0 Å². The van der Waals surface area contributed by atoms with E-state index in [1.165, 1.54) is 24.3 Å². The Kier molecular flexibility index (Phi) is 9.15. The molecule has 0 saturated heterocycles. The van der Waals surface area contributed by atoms with E-state index in [4.69, 9.17) is 26.8 Å². The number of hydrogen-bond donors (Lipinski definition) is 5. The van der Waals surface area contributed by atoms with E-state index in [-0.39, 0.29) is 11.1 Å². The lowest BCUT2D eigenvalue weighted by molar-refractivity contribution is -0.138. The Balaban J connectivity index is 0.000000409. The summed E-state index contributed by atoms with van der Waals surface area (Å²) in [5.41, 5.74) is 10.6.